The molecular weight excluding hydrogens is 162 g/mol. The molecule has 0 heterocycles. The van der Waals surface area contributed by atoms with Crippen LogP contribution in [0.1, 0.15) is 20.3 Å². The van der Waals surface area contributed by atoms with E-state index in [9.17, 15) is 9.59 Å². The molecule has 5 nitrogen and oxygen atoms in total. The van der Waals surface area contributed by atoms with Gasteiger partial charge in [-0.25, -0.2) is 0 Å². The van der Waals surface area contributed by atoms with Crippen LogP contribution in [0.4, 0.5) is 0 Å². The van der Waals surface area contributed by atoms with Crippen molar-refractivity contribution in [1.29, 1.82) is 0 Å². The summed E-state index contributed by atoms with van der Waals surface area (Å²) in [4.78, 5) is 20.6. The first-order chi connectivity index (χ1) is 5.43. The molecule has 3 N–H and O–H groups in total. The highest BCUT2D eigenvalue weighted by Gasteiger charge is 2.20. The lowest BCUT2D eigenvalue weighted by atomic mass is 10.2. The summed E-state index contributed by atoms with van der Waals surface area (Å²) in [7, 11) is 0. The van der Waals surface area contributed by atoms with Gasteiger partial charge in [0.15, 0.2) is 0 Å². The normalized spacial score (nSPS) is 12.9. The molecule has 0 rings (SSSR count). The summed E-state index contributed by atoms with van der Waals surface area (Å²) in [5.41, 5.74) is 0. The Bertz CT molecular complexity index is 178. The van der Waals surface area contributed by atoms with Crippen LogP contribution in [0.25, 0.3) is 0 Å². The van der Waals surface area contributed by atoms with Crippen molar-refractivity contribution >= 4 is 11.9 Å². The van der Waals surface area contributed by atoms with Gasteiger partial charge in [0.1, 0.15) is 6.04 Å². The van der Waals surface area contributed by atoms with Crippen LogP contribution in [-0.4, -0.2) is 34.2 Å². The second kappa shape index (κ2) is 4.71. The number of hydrogen-bond donors (Lipinski definition) is 3. The molecule has 1 atom stereocenters. The third-order valence-corrected chi connectivity index (χ3v) is 1.21. The average molecular weight is 175 g/mol. The molecule has 0 saturated carbocycles. The van der Waals surface area contributed by atoms with E-state index in [2.05, 4.69) is 5.32 Å². The molecule has 0 saturated heterocycles. The van der Waals surface area contributed by atoms with Crippen molar-refractivity contribution in [1.82, 2.24) is 5.32 Å². The van der Waals surface area contributed by atoms with Crippen LogP contribution in [0.5, 0.6) is 0 Å². The van der Waals surface area contributed by atoms with E-state index >= 15 is 0 Å². The largest absolute Gasteiger partial charge is 0.481 e. The van der Waals surface area contributed by atoms with Gasteiger partial charge in [0.2, 0.25) is 0 Å². The highest BCUT2D eigenvalue weighted by atomic mass is 16.4. The second-order valence-corrected chi connectivity index (χ2v) is 2.81. The molecule has 70 valence electrons. The van der Waals surface area contributed by atoms with Crippen LogP contribution in [0.2, 0.25) is 0 Å². The van der Waals surface area contributed by atoms with E-state index in [-0.39, 0.29) is 6.04 Å². The van der Waals surface area contributed by atoms with E-state index in [1.165, 1.54) is 0 Å². The molecule has 0 radical (unpaired) electrons. The zero-order chi connectivity index (χ0) is 9.72. The minimum atomic E-state index is -1.13. The van der Waals surface area contributed by atoms with Crippen molar-refractivity contribution in [2.75, 3.05) is 0 Å². The van der Waals surface area contributed by atoms with Gasteiger partial charge in [0, 0.05) is 6.04 Å². The predicted molar refractivity (Wildman–Crippen MR) is 41.9 cm³/mol. The fourth-order valence-electron chi connectivity index (χ4n) is 0.795. The van der Waals surface area contributed by atoms with Crippen LogP contribution < -0.4 is 5.32 Å². The minimum absolute atomic E-state index is 0.0366. The van der Waals surface area contributed by atoms with E-state index in [1.54, 1.807) is 13.8 Å². The zero-order valence-electron chi connectivity index (χ0n) is 7.07. The molecule has 0 aromatic rings. The SMILES string of the molecule is CC(C)N[C@@H](CC(=O)O)C(=O)O. The van der Waals surface area contributed by atoms with Crippen molar-refractivity contribution < 1.29 is 19.8 Å². The molecular formula is C7H13NO4. The van der Waals surface area contributed by atoms with Gasteiger partial charge in [-0.3, -0.25) is 9.59 Å². The van der Waals surface area contributed by atoms with E-state index in [1.807, 2.05) is 0 Å². The Balaban J connectivity index is 4.04. The first-order valence-corrected chi connectivity index (χ1v) is 3.64. The summed E-state index contributed by atoms with van der Waals surface area (Å²) in [6.45, 7) is 3.52. The van der Waals surface area contributed by atoms with Gasteiger partial charge < -0.3 is 15.5 Å². The maximum atomic E-state index is 10.4. The highest BCUT2D eigenvalue weighted by molar-refractivity contribution is 5.80. The van der Waals surface area contributed by atoms with Gasteiger partial charge in [-0.1, -0.05) is 13.8 Å². The third-order valence-electron chi connectivity index (χ3n) is 1.21. The number of carboxylic acids is 2. The molecule has 0 bridgehead atoms. The van der Waals surface area contributed by atoms with Crippen LogP contribution in [0.3, 0.4) is 0 Å². The topological polar surface area (TPSA) is 86.6 Å². The standard InChI is InChI=1S/C7H13NO4/c1-4(2)8-5(7(11)12)3-6(9)10/h4-5,8H,3H2,1-2H3,(H,9,10)(H,11,12)/t5-/m0/s1. The number of aliphatic carboxylic acids is 2. The molecule has 5 heteroatoms. The molecule has 0 fully saturated rings. The maximum Gasteiger partial charge on any atom is 0.321 e. The van der Waals surface area contributed by atoms with Crippen molar-refractivity contribution in [2.45, 2.75) is 32.4 Å². The summed E-state index contributed by atoms with van der Waals surface area (Å²) < 4.78 is 0. The molecule has 0 aliphatic rings. The molecule has 0 aromatic carbocycles. The summed E-state index contributed by atoms with van der Waals surface area (Å²) >= 11 is 0. The lowest BCUT2D eigenvalue weighted by Gasteiger charge is -2.14. The Morgan fingerprint density at radius 2 is 1.83 bits per heavy atom. The summed E-state index contributed by atoms with van der Waals surface area (Å²) in [6.07, 6.45) is -0.395. The van der Waals surface area contributed by atoms with Gasteiger partial charge in [-0.05, 0) is 0 Å². The second-order valence-electron chi connectivity index (χ2n) is 2.81. The third kappa shape index (κ3) is 4.68. The highest BCUT2D eigenvalue weighted by Crippen LogP contribution is 1.94. The van der Waals surface area contributed by atoms with Gasteiger partial charge in [0.25, 0.3) is 0 Å². The molecule has 0 aliphatic heterocycles. The Morgan fingerprint density at radius 1 is 1.33 bits per heavy atom. The number of carboxylic acid groups (broad SMARTS) is 2. The van der Waals surface area contributed by atoms with Gasteiger partial charge in [0.05, 0.1) is 6.42 Å². The first-order valence-electron chi connectivity index (χ1n) is 3.64. The van der Waals surface area contributed by atoms with Crippen molar-refractivity contribution in [2.24, 2.45) is 0 Å². The minimum Gasteiger partial charge on any atom is -0.481 e. The van der Waals surface area contributed by atoms with Gasteiger partial charge in [-0.2, -0.15) is 0 Å². The first kappa shape index (κ1) is 10.9. The summed E-state index contributed by atoms with van der Waals surface area (Å²) in [5.74, 6) is -2.25. The van der Waals surface area contributed by atoms with E-state index in [0.29, 0.717) is 0 Å². The lowest BCUT2D eigenvalue weighted by Crippen LogP contribution is -2.42. The monoisotopic (exact) mass is 175 g/mol. The lowest BCUT2D eigenvalue weighted by molar-refractivity contribution is -0.146. The molecule has 0 unspecified atom stereocenters. The summed E-state index contributed by atoms with van der Waals surface area (Å²) in [5, 5.41) is 19.5. The molecule has 0 aromatic heterocycles. The van der Waals surface area contributed by atoms with Crippen LogP contribution in [0.15, 0.2) is 0 Å². The number of nitrogens with one attached hydrogen (secondary N) is 1. The van der Waals surface area contributed by atoms with Crippen molar-refractivity contribution in [3.8, 4) is 0 Å². The fraction of sp³-hybridized carbons (Fsp3) is 0.714. The van der Waals surface area contributed by atoms with E-state index < -0.39 is 24.4 Å². The molecule has 12 heavy (non-hydrogen) atoms. The van der Waals surface area contributed by atoms with Gasteiger partial charge in [-0.15, -0.1) is 0 Å². The Hall–Kier alpha value is -1.10. The van der Waals surface area contributed by atoms with Crippen LogP contribution in [-0.2, 0) is 9.59 Å². The molecule has 0 amide bonds. The Kier molecular flexibility index (Phi) is 4.28. The fourth-order valence-corrected chi connectivity index (χ4v) is 0.795. The number of rotatable bonds is 5. The smallest absolute Gasteiger partial charge is 0.321 e. The Labute approximate surface area is 70.4 Å². The quantitative estimate of drug-likeness (QED) is 0.543. The summed E-state index contributed by atoms with van der Waals surface area (Å²) in [6, 6.07) is -1.03. The van der Waals surface area contributed by atoms with Crippen molar-refractivity contribution in [3.63, 3.8) is 0 Å². The van der Waals surface area contributed by atoms with E-state index in [0.717, 1.165) is 0 Å². The molecule has 0 aliphatic carbocycles. The van der Waals surface area contributed by atoms with Crippen LogP contribution in [0, 0.1) is 0 Å². The zero-order valence-corrected chi connectivity index (χ0v) is 7.07. The van der Waals surface area contributed by atoms with Crippen molar-refractivity contribution in [3.05, 3.63) is 0 Å². The predicted octanol–water partition coefficient (Wildman–Crippen LogP) is -0.0877. The van der Waals surface area contributed by atoms with Crippen LogP contribution >= 0.6 is 0 Å². The Morgan fingerprint density at radius 3 is 2.08 bits per heavy atom. The average Bonchev–Trinajstić information content (AvgIpc) is 1.83. The van der Waals surface area contributed by atoms with Gasteiger partial charge >= 0.3 is 11.9 Å². The number of hydrogen-bond acceptors (Lipinski definition) is 3. The molecule has 0 spiro atoms. The van der Waals surface area contributed by atoms with E-state index in [4.69, 9.17) is 10.2 Å². The maximum absolute atomic E-state index is 10.4. The number of carbonyl (C=O) groups is 2.